The number of rotatable bonds is 4. The second-order valence-electron chi connectivity index (χ2n) is 4.76. The molecule has 3 nitrogen and oxygen atoms in total. The molecule has 1 fully saturated rings. The fourth-order valence-corrected chi connectivity index (χ4v) is 2.25. The van der Waals surface area contributed by atoms with Gasteiger partial charge in [-0.25, -0.2) is 4.98 Å². The van der Waals surface area contributed by atoms with Gasteiger partial charge >= 0.3 is 0 Å². The third-order valence-corrected chi connectivity index (χ3v) is 3.78. The number of aromatic nitrogens is 1. The van der Waals surface area contributed by atoms with E-state index < -0.39 is 5.95 Å². The summed E-state index contributed by atoms with van der Waals surface area (Å²) < 4.78 is 12.9. The first kappa shape index (κ1) is 12.0. The van der Waals surface area contributed by atoms with Gasteiger partial charge in [0, 0.05) is 24.4 Å². The monoisotopic (exact) mass is 236 g/mol. The van der Waals surface area contributed by atoms with Crippen molar-refractivity contribution in [2.45, 2.75) is 32.6 Å². The lowest BCUT2D eigenvalue weighted by Crippen LogP contribution is -2.41. The highest BCUT2D eigenvalue weighted by Gasteiger charge is 2.35. The minimum absolute atomic E-state index is 0.217. The van der Waals surface area contributed by atoms with E-state index in [0.717, 1.165) is 12.5 Å². The zero-order chi connectivity index (χ0) is 12.3. The fourth-order valence-electron chi connectivity index (χ4n) is 2.25. The van der Waals surface area contributed by atoms with Gasteiger partial charge in [-0.15, -0.1) is 0 Å². The van der Waals surface area contributed by atoms with Gasteiger partial charge in [0.25, 0.3) is 5.91 Å². The van der Waals surface area contributed by atoms with E-state index in [4.69, 9.17) is 0 Å². The molecule has 1 N–H and O–H groups in total. The van der Waals surface area contributed by atoms with E-state index in [9.17, 15) is 9.18 Å². The molecule has 0 atom stereocenters. The summed E-state index contributed by atoms with van der Waals surface area (Å²) in [7, 11) is 0. The van der Waals surface area contributed by atoms with Crippen LogP contribution in [0.1, 0.15) is 43.0 Å². The zero-order valence-electron chi connectivity index (χ0n) is 10.0. The minimum Gasteiger partial charge on any atom is -0.351 e. The van der Waals surface area contributed by atoms with Crippen molar-refractivity contribution >= 4 is 5.91 Å². The fraction of sp³-hybridized carbons (Fsp3) is 0.538. The van der Waals surface area contributed by atoms with Crippen LogP contribution in [0.25, 0.3) is 0 Å². The number of nitrogens with one attached hydrogen (secondary N) is 1. The van der Waals surface area contributed by atoms with Crippen molar-refractivity contribution < 1.29 is 9.18 Å². The van der Waals surface area contributed by atoms with Crippen LogP contribution in [0.4, 0.5) is 4.39 Å². The van der Waals surface area contributed by atoms with Crippen LogP contribution in [0.15, 0.2) is 18.3 Å². The Hall–Kier alpha value is -1.45. The SMILES string of the molecule is CCC1(CNC(=O)c2ccnc(F)c2)CCC1. The molecule has 4 heteroatoms. The number of hydrogen-bond donors (Lipinski definition) is 1. The summed E-state index contributed by atoms with van der Waals surface area (Å²) in [4.78, 5) is 15.2. The highest BCUT2D eigenvalue weighted by molar-refractivity contribution is 5.94. The summed E-state index contributed by atoms with van der Waals surface area (Å²) in [5.41, 5.74) is 0.615. The van der Waals surface area contributed by atoms with E-state index >= 15 is 0 Å². The summed E-state index contributed by atoms with van der Waals surface area (Å²) in [6.07, 6.45) is 5.98. The summed E-state index contributed by atoms with van der Waals surface area (Å²) in [5, 5.41) is 2.89. The minimum atomic E-state index is -0.619. The van der Waals surface area contributed by atoms with E-state index in [1.54, 1.807) is 0 Å². The number of amides is 1. The summed E-state index contributed by atoms with van der Waals surface area (Å²) in [6, 6.07) is 2.69. The molecule has 17 heavy (non-hydrogen) atoms. The predicted molar refractivity (Wildman–Crippen MR) is 63.1 cm³/mol. The first-order chi connectivity index (χ1) is 8.15. The Labute approximate surface area is 100 Å². The zero-order valence-corrected chi connectivity index (χ0v) is 10.0. The van der Waals surface area contributed by atoms with E-state index in [0.29, 0.717) is 12.1 Å². The number of pyridine rings is 1. The van der Waals surface area contributed by atoms with Gasteiger partial charge in [0.2, 0.25) is 5.95 Å². The molecule has 0 aromatic carbocycles. The largest absolute Gasteiger partial charge is 0.351 e. The molecule has 92 valence electrons. The third-order valence-electron chi connectivity index (χ3n) is 3.78. The Kier molecular flexibility index (Phi) is 3.41. The Morgan fingerprint density at radius 2 is 2.35 bits per heavy atom. The Morgan fingerprint density at radius 3 is 2.88 bits per heavy atom. The maximum absolute atomic E-state index is 12.9. The van der Waals surface area contributed by atoms with Gasteiger partial charge in [-0.3, -0.25) is 4.79 Å². The van der Waals surface area contributed by atoms with Gasteiger partial charge < -0.3 is 5.32 Å². The Bertz CT molecular complexity index is 410. The summed E-state index contributed by atoms with van der Waals surface area (Å²) in [6.45, 7) is 2.84. The van der Waals surface area contributed by atoms with Crippen molar-refractivity contribution in [2.75, 3.05) is 6.54 Å². The van der Waals surface area contributed by atoms with Crippen LogP contribution in [-0.2, 0) is 0 Å². The quantitative estimate of drug-likeness (QED) is 0.816. The van der Waals surface area contributed by atoms with Crippen molar-refractivity contribution in [1.29, 1.82) is 0 Å². The number of hydrogen-bond acceptors (Lipinski definition) is 2. The number of nitrogens with zero attached hydrogens (tertiary/aromatic N) is 1. The molecule has 0 unspecified atom stereocenters. The van der Waals surface area contributed by atoms with Crippen molar-refractivity contribution in [2.24, 2.45) is 5.41 Å². The molecule has 1 amide bonds. The first-order valence-electron chi connectivity index (χ1n) is 6.05. The molecule has 0 bridgehead atoms. The molecule has 0 radical (unpaired) electrons. The molecule has 0 aliphatic heterocycles. The lowest BCUT2D eigenvalue weighted by atomic mass is 9.67. The molecule has 1 heterocycles. The smallest absolute Gasteiger partial charge is 0.251 e. The van der Waals surface area contributed by atoms with Crippen LogP contribution in [0.5, 0.6) is 0 Å². The molecule has 1 aliphatic carbocycles. The number of carbonyl (C=O) groups is 1. The summed E-state index contributed by atoms with van der Waals surface area (Å²) >= 11 is 0. The molecule has 2 rings (SSSR count). The van der Waals surface area contributed by atoms with Crippen LogP contribution >= 0.6 is 0 Å². The number of halogens is 1. The second kappa shape index (κ2) is 4.82. The normalized spacial score (nSPS) is 17.3. The van der Waals surface area contributed by atoms with Crippen molar-refractivity contribution in [1.82, 2.24) is 10.3 Å². The average Bonchev–Trinajstić information content (AvgIpc) is 2.28. The van der Waals surface area contributed by atoms with Crippen molar-refractivity contribution in [3.63, 3.8) is 0 Å². The average molecular weight is 236 g/mol. The molecule has 0 spiro atoms. The van der Waals surface area contributed by atoms with Gasteiger partial charge in [-0.2, -0.15) is 4.39 Å². The van der Waals surface area contributed by atoms with Gasteiger partial charge in [0.05, 0.1) is 0 Å². The molecule has 1 aromatic heterocycles. The van der Waals surface area contributed by atoms with E-state index in [1.807, 2.05) is 0 Å². The first-order valence-corrected chi connectivity index (χ1v) is 6.05. The predicted octanol–water partition coefficient (Wildman–Crippen LogP) is 2.53. The highest BCUT2D eigenvalue weighted by atomic mass is 19.1. The highest BCUT2D eigenvalue weighted by Crippen LogP contribution is 2.43. The lowest BCUT2D eigenvalue weighted by molar-refractivity contribution is 0.0849. The van der Waals surface area contributed by atoms with Crippen LogP contribution in [0, 0.1) is 11.4 Å². The van der Waals surface area contributed by atoms with Crippen LogP contribution < -0.4 is 5.32 Å². The van der Waals surface area contributed by atoms with Crippen LogP contribution in [0.3, 0.4) is 0 Å². The maximum Gasteiger partial charge on any atom is 0.251 e. The second-order valence-corrected chi connectivity index (χ2v) is 4.76. The Morgan fingerprint density at radius 1 is 1.59 bits per heavy atom. The van der Waals surface area contributed by atoms with Crippen LogP contribution in [-0.4, -0.2) is 17.4 Å². The van der Waals surface area contributed by atoms with Crippen molar-refractivity contribution in [3.05, 3.63) is 29.8 Å². The lowest BCUT2D eigenvalue weighted by Gasteiger charge is -2.41. The molecule has 1 aliphatic rings. The molecular weight excluding hydrogens is 219 g/mol. The summed E-state index contributed by atoms with van der Waals surface area (Å²) in [5.74, 6) is -0.836. The molecule has 1 aromatic rings. The van der Waals surface area contributed by atoms with Crippen molar-refractivity contribution in [3.8, 4) is 0 Å². The Balaban J connectivity index is 1.93. The standard InChI is InChI=1S/C13H17FN2O/c1-2-13(5-3-6-13)9-16-12(17)10-4-7-15-11(14)8-10/h4,7-8H,2-3,5-6,9H2,1H3,(H,16,17). The number of carbonyl (C=O) groups excluding carboxylic acids is 1. The van der Waals surface area contributed by atoms with Gasteiger partial charge in [-0.05, 0) is 30.7 Å². The topological polar surface area (TPSA) is 42.0 Å². The van der Waals surface area contributed by atoms with Gasteiger partial charge in [-0.1, -0.05) is 13.3 Å². The molecule has 0 saturated heterocycles. The van der Waals surface area contributed by atoms with Gasteiger partial charge in [0.15, 0.2) is 0 Å². The molecular formula is C13H17FN2O. The van der Waals surface area contributed by atoms with E-state index in [2.05, 4.69) is 17.2 Å². The van der Waals surface area contributed by atoms with Gasteiger partial charge in [0.1, 0.15) is 0 Å². The van der Waals surface area contributed by atoms with E-state index in [-0.39, 0.29) is 11.3 Å². The maximum atomic E-state index is 12.9. The molecule has 1 saturated carbocycles. The van der Waals surface area contributed by atoms with E-state index in [1.165, 1.54) is 31.5 Å². The third kappa shape index (κ3) is 2.62. The van der Waals surface area contributed by atoms with Crippen LogP contribution in [0.2, 0.25) is 0 Å².